The monoisotopic (exact) mass is 383 g/mol. The van der Waals surface area contributed by atoms with Crippen molar-refractivity contribution in [2.75, 3.05) is 20.2 Å². The third kappa shape index (κ3) is 4.20. The highest BCUT2D eigenvalue weighted by Gasteiger charge is 2.31. The van der Waals surface area contributed by atoms with E-state index in [-0.39, 0.29) is 17.5 Å². The number of nitrogens with zero attached hydrogens (tertiary/aromatic N) is 3. The highest BCUT2D eigenvalue weighted by Crippen LogP contribution is 2.24. The fourth-order valence-corrected chi connectivity index (χ4v) is 4.46. The van der Waals surface area contributed by atoms with Gasteiger partial charge in [-0.2, -0.15) is 4.31 Å². The van der Waals surface area contributed by atoms with Crippen molar-refractivity contribution in [3.05, 3.63) is 41.4 Å². The molecule has 1 aliphatic heterocycles. The van der Waals surface area contributed by atoms with E-state index in [1.165, 1.54) is 17.5 Å². The van der Waals surface area contributed by atoms with Gasteiger partial charge >= 0.3 is 0 Å². The molecule has 25 heavy (non-hydrogen) atoms. The van der Waals surface area contributed by atoms with E-state index in [0.29, 0.717) is 29.7 Å². The Labute approximate surface area is 151 Å². The Bertz CT molecular complexity index is 830. The molecule has 1 saturated heterocycles. The molecule has 0 saturated carbocycles. The minimum absolute atomic E-state index is 0.185. The van der Waals surface area contributed by atoms with E-state index < -0.39 is 10.0 Å². The van der Waals surface area contributed by atoms with Crippen LogP contribution in [0.15, 0.2) is 41.3 Å². The summed E-state index contributed by atoms with van der Waals surface area (Å²) < 4.78 is 37.7. The SMILES string of the molecule is COc1ccc(OC2CCCN(S(=O)(=O)c3cccc(Cl)c3)C2)nn1. The number of benzene rings is 1. The fourth-order valence-electron chi connectivity index (χ4n) is 2.65. The van der Waals surface area contributed by atoms with Gasteiger partial charge < -0.3 is 9.47 Å². The van der Waals surface area contributed by atoms with Crippen molar-refractivity contribution in [1.82, 2.24) is 14.5 Å². The molecule has 1 atom stereocenters. The van der Waals surface area contributed by atoms with Crippen LogP contribution in [0.1, 0.15) is 12.8 Å². The topological polar surface area (TPSA) is 81.6 Å². The van der Waals surface area contributed by atoms with Gasteiger partial charge in [0.2, 0.25) is 21.8 Å². The molecule has 0 bridgehead atoms. The molecule has 0 radical (unpaired) electrons. The maximum absolute atomic E-state index is 12.8. The molecule has 2 aromatic rings. The van der Waals surface area contributed by atoms with Gasteiger partial charge in [-0.05, 0) is 31.0 Å². The highest BCUT2D eigenvalue weighted by atomic mass is 35.5. The summed E-state index contributed by atoms with van der Waals surface area (Å²) >= 11 is 5.92. The molecule has 134 valence electrons. The molecule has 9 heteroatoms. The Balaban J connectivity index is 1.71. The minimum atomic E-state index is -3.61. The summed E-state index contributed by atoms with van der Waals surface area (Å²) in [6, 6.07) is 9.56. The quantitative estimate of drug-likeness (QED) is 0.788. The van der Waals surface area contributed by atoms with Gasteiger partial charge in [0.15, 0.2) is 0 Å². The average molecular weight is 384 g/mol. The highest BCUT2D eigenvalue weighted by molar-refractivity contribution is 7.89. The van der Waals surface area contributed by atoms with Crippen molar-refractivity contribution in [3.8, 4) is 11.8 Å². The van der Waals surface area contributed by atoms with E-state index in [1.807, 2.05) is 0 Å². The molecule has 1 aliphatic rings. The van der Waals surface area contributed by atoms with Gasteiger partial charge in [-0.25, -0.2) is 8.42 Å². The van der Waals surface area contributed by atoms with Crippen molar-refractivity contribution in [2.24, 2.45) is 0 Å². The Morgan fingerprint density at radius 2 is 1.96 bits per heavy atom. The average Bonchev–Trinajstić information content (AvgIpc) is 2.62. The lowest BCUT2D eigenvalue weighted by atomic mass is 10.1. The van der Waals surface area contributed by atoms with E-state index in [0.717, 1.165) is 6.42 Å². The maximum atomic E-state index is 12.8. The summed E-state index contributed by atoms with van der Waals surface area (Å²) in [4.78, 5) is 0.185. The number of halogens is 1. The number of hydrogen-bond donors (Lipinski definition) is 0. The lowest BCUT2D eigenvalue weighted by Crippen LogP contribution is -2.44. The zero-order valence-corrected chi connectivity index (χ0v) is 15.2. The first-order valence-electron chi connectivity index (χ1n) is 7.79. The Kier molecular flexibility index (Phi) is 5.41. The third-order valence-electron chi connectivity index (χ3n) is 3.89. The molecule has 0 N–H and O–H groups in total. The Morgan fingerprint density at radius 1 is 1.20 bits per heavy atom. The van der Waals surface area contributed by atoms with Crippen molar-refractivity contribution in [2.45, 2.75) is 23.8 Å². The summed E-state index contributed by atoms with van der Waals surface area (Å²) in [6.45, 7) is 0.700. The predicted octanol–water partition coefficient (Wildman–Crippen LogP) is 2.37. The zero-order valence-electron chi connectivity index (χ0n) is 13.6. The molecule has 1 aromatic carbocycles. The molecule has 0 spiro atoms. The smallest absolute Gasteiger partial charge is 0.243 e. The van der Waals surface area contributed by atoms with E-state index >= 15 is 0 Å². The van der Waals surface area contributed by atoms with Gasteiger partial charge in [0.05, 0.1) is 18.6 Å². The van der Waals surface area contributed by atoms with Crippen molar-refractivity contribution in [1.29, 1.82) is 0 Å². The molecule has 3 rings (SSSR count). The number of sulfonamides is 1. The molecule has 1 fully saturated rings. The molecule has 1 aromatic heterocycles. The number of methoxy groups -OCH3 is 1. The van der Waals surface area contributed by atoms with Crippen LogP contribution in [-0.2, 0) is 10.0 Å². The number of rotatable bonds is 5. The first kappa shape index (κ1) is 17.9. The van der Waals surface area contributed by atoms with Gasteiger partial charge in [0, 0.05) is 23.7 Å². The van der Waals surface area contributed by atoms with Gasteiger partial charge in [0.25, 0.3) is 0 Å². The van der Waals surface area contributed by atoms with Crippen molar-refractivity contribution >= 4 is 21.6 Å². The molecule has 1 unspecified atom stereocenters. The second-order valence-electron chi connectivity index (χ2n) is 5.62. The van der Waals surface area contributed by atoms with Gasteiger partial charge in [0.1, 0.15) is 6.10 Å². The summed E-state index contributed by atoms with van der Waals surface area (Å²) in [6.07, 6.45) is 1.16. The standard InChI is InChI=1S/C16H18ClN3O4S/c1-23-15-7-8-16(19-18-15)24-13-5-3-9-20(11-13)25(21,22)14-6-2-4-12(17)10-14/h2,4,6-8,10,13H,3,5,9,11H2,1H3. The van der Waals surface area contributed by atoms with E-state index in [4.69, 9.17) is 21.1 Å². The summed E-state index contributed by atoms with van der Waals surface area (Å²) in [5, 5.41) is 8.15. The Hall–Kier alpha value is -1.90. The van der Waals surface area contributed by atoms with E-state index in [1.54, 1.807) is 30.3 Å². The van der Waals surface area contributed by atoms with Gasteiger partial charge in [-0.15, -0.1) is 10.2 Å². The van der Waals surface area contributed by atoms with Crippen LogP contribution in [0.2, 0.25) is 5.02 Å². The van der Waals surface area contributed by atoms with Crippen LogP contribution < -0.4 is 9.47 Å². The number of hydrogen-bond acceptors (Lipinski definition) is 6. The second kappa shape index (κ2) is 7.55. The van der Waals surface area contributed by atoms with Gasteiger partial charge in [-0.1, -0.05) is 17.7 Å². The van der Waals surface area contributed by atoms with Crippen LogP contribution >= 0.6 is 11.6 Å². The van der Waals surface area contributed by atoms with Gasteiger partial charge in [-0.3, -0.25) is 0 Å². The number of ether oxygens (including phenoxy) is 2. The second-order valence-corrected chi connectivity index (χ2v) is 7.99. The molecular weight excluding hydrogens is 366 g/mol. The van der Waals surface area contributed by atoms with Crippen LogP contribution in [0.25, 0.3) is 0 Å². The third-order valence-corrected chi connectivity index (χ3v) is 5.98. The van der Waals surface area contributed by atoms with Crippen molar-refractivity contribution < 1.29 is 17.9 Å². The molecule has 7 nitrogen and oxygen atoms in total. The summed E-state index contributed by atoms with van der Waals surface area (Å²) in [5.74, 6) is 0.731. The molecule has 2 heterocycles. The van der Waals surface area contributed by atoms with Crippen LogP contribution in [0, 0.1) is 0 Å². The molecule has 0 aliphatic carbocycles. The normalized spacial score (nSPS) is 18.7. The maximum Gasteiger partial charge on any atom is 0.243 e. The zero-order chi connectivity index (χ0) is 17.9. The number of aromatic nitrogens is 2. The van der Waals surface area contributed by atoms with E-state index in [2.05, 4.69) is 10.2 Å². The van der Waals surface area contributed by atoms with E-state index in [9.17, 15) is 8.42 Å². The summed E-state index contributed by atoms with van der Waals surface area (Å²) in [5.41, 5.74) is 0. The van der Waals surface area contributed by atoms with Crippen LogP contribution in [0.3, 0.4) is 0 Å². The first-order chi connectivity index (χ1) is 12.0. The predicted molar refractivity (Wildman–Crippen MR) is 92.4 cm³/mol. The lowest BCUT2D eigenvalue weighted by molar-refractivity contribution is 0.123. The summed E-state index contributed by atoms with van der Waals surface area (Å²) in [7, 11) is -2.10. The molecular formula is C16H18ClN3O4S. The molecule has 0 amide bonds. The minimum Gasteiger partial charge on any atom is -0.480 e. The van der Waals surface area contributed by atoms with Crippen LogP contribution in [0.5, 0.6) is 11.8 Å². The number of piperidine rings is 1. The Morgan fingerprint density at radius 3 is 2.64 bits per heavy atom. The van der Waals surface area contributed by atoms with Crippen LogP contribution in [-0.4, -0.2) is 49.2 Å². The largest absolute Gasteiger partial charge is 0.480 e. The van der Waals surface area contributed by atoms with Crippen molar-refractivity contribution in [3.63, 3.8) is 0 Å². The lowest BCUT2D eigenvalue weighted by Gasteiger charge is -2.31. The fraction of sp³-hybridized carbons (Fsp3) is 0.375. The first-order valence-corrected chi connectivity index (χ1v) is 9.61. The van der Waals surface area contributed by atoms with Crippen LogP contribution in [0.4, 0.5) is 0 Å².